The highest BCUT2D eigenvalue weighted by Crippen LogP contribution is 2.39. The molecule has 0 aliphatic carbocycles. The number of hydrogen-bond acceptors (Lipinski definition) is 2. The van der Waals surface area contributed by atoms with Crippen LogP contribution in [0.15, 0.2) is 0 Å². The fraction of sp³-hybridized carbons (Fsp3) is 1.00. The molecule has 0 aromatic heterocycles. The van der Waals surface area contributed by atoms with E-state index < -0.39 is 0 Å². The molecule has 2 rings (SSSR count). The maximum absolute atomic E-state index is 2.63. The van der Waals surface area contributed by atoms with Crippen LogP contribution in [0, 0.1) is 5.41 Å². The van der Waals surface area contributed by atoms with Gasteiger partial charge in [0.25, 0.3) is 0 Å². The predicted octanol–water partition coefficient (Wildman–Crippen LogP) is 2.84. The van der Waals surface area contributed by atoms with E-state index in [0.29, 0.717) is 5.41 Å². The van der Waals surface area contributed by atoms with Crippen molar-refractivity contribution in [2.75, 3.05) is 32.7 Å². The Morgan fingerprint density at radius 2 is 1.75 bits per heavy atom. The molecular formula is C14H30N2. The zero-order valence-electron chi connectivity index (χ0n) is 11.9. The topological polar surface area (TPSA) is 6.48 Å². The molecule has 0 N–H and O–H groups in total. The van der Waals surface area contributed by atoms with Crippen molar-refractivity contribution >= 4 is 0 Å². The minimum atomic E-state index is 0.679. The van der Waals surface area contributed by atoms with E-state index in [1.165, 1.54) is 45.6 Å². The van der Waals surface area contributed by atoms with Gasteiger partial charge in [-0.2, -0.15) is 0 Å². The number of likely N-dealkylation sites (tertiary alicyclic amines) is 2. The van der Waals surface area contributed by atoms with Gasteiger partial charge in [-0.05, 0) is 39.8 Å². The van der Waals surface area contributed by atoms with Crippen LogP contribution < -0.4 is 0 Å². The van der Waals surface area contributed by atoms with E-state index in [-0.39, 0.29) is 0 Å². The van der Waals surface area contributed by atoms with Crippen molar-refractivity contribution in [3.8, 4) is 0 Å². The molecule has 0 amide bonds. The molecule has 96 valence electrons. The molecule has 0 aromatic rings. The van der Waals surface area contributed by atoms with Crippen molar-refractivity contribution in [1.29, 1.82) is 0 Å². The minimum Gasteiger partial charge on any atom is -0.303 e. The first-order valence-corrected chi connectivity index (χ1v) is 7.12. The molecule has 0 unspecified atom stereocenters. The summed E-state index contributed by atoms with van der Waals surface area (Å²) in [4.78, 5) is 5.24. The molecule has 0 atom stereocenters. The summed E-state index contributed by atoms with van der Waals surface area (Å²) in [6, 6.07) is 0.748. The van der Waals surface area contributed by atoms with Gasteiger partial charge in [0.2, 0.25) is 0 Å². The summed E-state index contributed by atoms with van der Waals surface area (Å²) < 4.78 is 0. The summed E-state index contributed by atoms with van der Waals surface area (Å²) in [6.45, 7) is 17.5. The van der Waals surface area contributed by atoms with Gasteiger partial charge in [-0.1, -0.05) is 20.8 Å². The summed E-state index contributed by atoms with van der Waals surface area (Å²) in [5.41, 5.74) is 0.679. The van der Waals surface area contributed by atoms with Crippen LogP contribution in [0.1, 0.15) is 47.5 Å². The van der Waals surface area contributed by atoms with Gasteiger partial charge in [-0.15, -0.1) is 0 Å². The van der Waals surface area contributed by atoms with Crippen molar-refractivity contribution in [2.45, 2.75) is 53.5 Å². The molecule has 0 saturated carbocycles. The molecular weight excluding hydrogens is 196 g/mol. The first-order valence-electron chi connectivity index (χ1n) is 7.12. The SMILES string of the molecule is CC.CCN1CCCC2(C1)CN(C(C)C)C2. The predicted molar refractivity (Wildman–Crippen MR) is 71.8 cm³/mol. The lowest BCUT2D eigenvalue weighted by molar-refractivity contribution is -0.0679. The zero-order valence-corrected chi connectivity index (χ0v) is 11.9. The summed E-state index contributed by atoms with van der Waals surface area (Å²) in [7, 11) is 0. The van der Waals surface area contributed by atoms with Crippen molar-refractivity contribution in [1.82, 2.24) is 9.80 Å². The van der Waals surface area contributed by atoms with Gasteiger partial charge < -0.3 is 4.90 Å². The molecule has 0 aromatic carbocycles. The van der Waals surface area contributed by atoms with E-state index in [2.05, 4.69) is 30.6 Å². The van der Waals surface area contributed by atoms with Gasteiger partial charge >= 0.3 is 0 Å². The molecule has 0 radical (unpaired) electrons. The fourth-order valence-electron chi connectivity index (χ4n) is 3.02. The van der Waals surface area contributed by atoms with E-state index in [1.807, 2.05) is 13.8 Å². The van der Waals surface area contributed by atoms with Crippen LogP contribution in [-0.2, 0) is 0 Å². The summed E-state index contributed by atoms with van der Waals surface area (Å²) in [5, 5.41) is 0. The maximum Gasteiger partial charge on any atom is 0.00855 e. The lowest BCUT2D eigenvalue weighted by atomic mass is 9.73. The Kier molecular flexibility index (Phi) is 5.26. The van der Waals surface area contributed by atoms with E-state index in [0.717, 1.165) is 6.04 Å². The second kappa shape index (κ2) is 6.02. The molecule has 2 nitrogen and oxygen atoms in total. The van der Waals surface area contributed by atoms with E-state index >= 15 is 0 Å². The average Bonchev–Trinajstić information content (AvgIpc) is 2.28. The molecule has 2 heteroatoms. The fourth-order valence-corrected chi connectivity index (χ4v) is 3.02. The first-order chi connectivity index (χ1) is 7.65. The third-order valence-corrected chi connectivity index (χ3v) is 3.99. The van der Waals surface area contributed by atoms with Crippen LogP contribution >= 0.6 is 0 Å². The Balaban J connectivity index is 0.000000606. The highest BCUT2D eigenvalue weighted by atomic mass is 15.3. The largest absolute Gasteiger partial charge is 0.303 e. The Morgan fingerprint density at radius 1 is 1.12 bits per heavy atom. The Hall–Kier alpha value is -0.0800. The van der Waals surface area contributed by atoms with Crippen LogP contribution in [0.4, 0.5) is 0 Å². The summed E-state index contributed by atoms with van der Waals surface area (Å²) in [5.74, 6) is 0. The summed E-state index contributed by atoms with van der Waals surface area (Å²) >= 11 is 0. The Bertz CT molecular complexity index is 195. The number of nitrogens with zero attached hydrogens (tertiary/aromatic N) is 2. The quantitative estimate of drug-likeness (QED) is 0.714. The van der Waals surface area contributed by atoms with Crippen LogP contribution in [-0.4, -0.2) is 48.6 Å². The van der Waals surface area contributed by atoms with Crippen LogP contribution in [0.5, 0.6) is 0 Å². The number of hydrogen-bond donors (Lipinski definition) is 0. The molecule has 16 heavy (non-hydrogen) atoms. The molecule has 2 heterocycles. The Labute approximate surface area is 102 Å². The lowest BCUT2D eigenvalue weighted by Gasteiger charge is -2.56. The monoisotopic (exact) mass is 226 g/mol. The van der Waals surface area contributed by atoms with Crippen LogP contribution in [0.25, 0.3) is 0 Å². The van der Waals surface area contributed by atoms with Gasteiger partial charge in [0.15, 0.2) is 0 Å². The lowest BCUT2D eigenvalue weighted by Crippen LogP contribution is -2.64. The zero-order chi connectivity index (χ0) is 12.2. The highest BCUT2D eigenvalue weighted by molar-refractivity contribution is 4.99. The van der Waals surface area contributed by atoms with E-state index in [9.17, 15) is 0 Å². The standard InChI is InChI=1S/C12H24N2.C2H6/c1-4-13-7-5-6-12(8-13)9-14(10-12)11(2)3;1-2/h11H,4-10H2,1-3H3;1-2H3. The van der Waals surface area contributed by atoms with Gasteiger partial charge in [0, 0.05) is 31.1 Å². The maximum atomic E-state index is 2.63. The third kappa shape index (κ3) is 2.98. The molecule has 2 aliphatic heterocycles. The smallest absolute Gasteiger partial charge is 0.00855 e. The van der Waals surface area contributed by atoms with Crippen molar-refractivity contribution < 1.29 is 0 Å². The van der Waals surface area contributed by atoms with Crippen LogP contribution in [0.3, 0.4) is 0 Å². The average molecular weight is 226 g/mol. The highest BCUT2D eigenvalue weighted by Gasteiger charge is 2.45. The molecule has 2 saturated heterocycles. The number of piperidine rings is 1. The van der Waals surface area contributed by atoms with Gasteiger partial charge in [-0.25, -0.2) is 0 Å². The van der Waals surface area contributed by atoms with Gasteiger partial charge in [0.1, 0.15) is 0 Å². The molecule has 0 bridgehead atoms. The normalized spacial score (nSPS) is 25.1. The second-order valence-corrected chi connectivity index (χ2v) is 5.47. The van der Waals surface area contributed by atoms with Crippen molar-refractivity contribution in [3.63, 3.8) is 0 Å². The van der Waals surface area contributed by atoms with Gasteiger partial charge in [0.05, 0.1) is 0 Å². The summed E-state index contributed by atoms with van der Waals surface area (Å²) in [6.07, 6.45) is 2.88. The molecule has 1 spiro atoms. The van der Waals surface area contributed by atoms with Crippen LogP contribution in [0.2, 0.25) is 0 Å². The molecule has 2 aliphatic rings. The second-order valence-electron chi connectivity index (χ2n) is 5.47. The van der Waals surface area contributed by atoms with Gasteiger partial charge in [-0.3, -0.25) is 4.90 Å². The number of rotatable bonds is 2. The van der Waals surface area contributed by atoms with E-state index in [4.69, 9.17) is 0 Å². The first kappa shape index (κ1) is 14.0. The third-order valence-electron chi connectivity index (χ3n) is 3.99. The van der Waals surface area contributed by atoms with Crippen molar-refractivity contribution in [2.24, 2.45) is 5.41 Å². The van der Waals surface area contributed by atoms with Crippen molar-refractivity contribution in [3.05, 3.63) is 0 Å². The minimum absolute atomic E-state index is 0.679. The van der Waals surface area contributed by atoms with E-state index in [1.54, 1.807) is 0 Å². The Morgan fingerprint density at radius 3 is 2.25 bits per heavy atom. The molecule has 2 fully saturated rings.